The Kier molecular flexibility index (Phi) is 6.71. The van der Waals surface area contributed by atoms with E-state index >= 15 is 0 Å². The Labute approximate surface area is 169 Å². The number of benzene rings is 2. The molecule has 0 radical (unpaired) electrons. The Bertz CT molecular complexity index is 941. The number of nitrogens with one attached hydrogen (secondary N) is 1. The van der Waals surface area contributed by atoms with Gasteiger partial charge in [-0.15, -0.1) is 10.2 Å². The molecule has 3 rings (SSSR count). The van der Waals surface area contributed by atoms with Gasteiger partial charge in [0.05, 0.1) is 5.75 Å². The first-order chi connectivity index (χ1) is 13.6. The SMILES string of the molecule is CCn1c(COc2ccccc2)nnc1SCC(=O)Nc1ccc(C)cc1C. The van der Waals surface area contributed by atoms with Gasteiger partial charge in [-0.2, -0.15) is 0 Å². The zero-order chi connectivity index (χ0) is 19.9. The fraction of sp³-hybridized carbons (Fsp3) is 0.286. The van der Waals surface area contributed by atoms with Crippen LogP contribution in [0, 0.1) is 13.8 Å². The number of hydrogen-bond acceptors (Lipinski definition) is 5. The van der Waals surface area contributed by atoms with Gasteiger partial charge in [0, 0.05) is 12.2 Å². The van der Waals surface area contributed by atoms with Crippen LogP contribution in [0.3, 0.4) is 0 Å². The summed E-state index contributed by atoms with van der Waals surface area (Å²) in [6.45, 7) is 7.09. The van der Waals surface area contributed by atoms with Crippen molar-refractivity contribution in [2.75, 3.05) is 11.1 Å². The molecule has 6 nitrogen and oxygen atoms in total. The standard InChI is InChI=1S/C21H24N4O2S/c1-4-25-19(13-27-17-8-6-5-7-9-17)23-24-21(25)28-14-20(26)22-18-11-10-15(2)12-16(18)3/h5-12H,4,13-14H2,1-3H3,(H,22,26). The van der Waals surface area contributed by atoms with Gasteiger partial charge >= 0.3 is 0 Å². The average molecular weight is 397 g/mol. The minimum Gasteiger partial charge on any atom is -0.486 e. The van der Waals surface area contributed by atoms with Gasteiger partial charge in [-0.05, 0) is 44.5 Å². The van der Waals surface area contributed by atoms with Crippen LogP contribution >= 0.6 is 11.8 Å². The third kappa shape index (κ3) is 5.13. The maximum absolute atomic E-state index is 12.3. The fourth-order valence-corrected chi connectivity index (χ4v) is 3.61. The lowest BCUT2D eigenvalue weighted by molar-refractivity contribution is -0.113. The molecule has 1 heterocycles. The van der Waals surface area contributed by atoms with Crippen molar-refractivity contribution in [3.05, 3.63) is 65.5 Å². The summed E-state index contributed by atoms with van der Waals surface area (Å²) < 4.78 is 7.73. The molecule has 146 valence electrons. The Hall–Kier alpha value is -2.80. The zero-order valence-corrected chi connectivity index (χ0v) is 17.1. The second kappa shape index (κ2) is 9.41. The lowest BCUT2D eigenvalue weighted by Crippen LogP contribution is -2.15. The number of ether oxygens (including phenoxy) is 1. The highest BCUT2D eigenvalue weighted by atomic mass is 32.2. The molecule has 0 fully saturated rings. The number of nitrogens with zero attached hydrogens (tertiary/aromatic N) is 3. The first-order valence-electron chi connectivity index (χ1n) is 9.16. The predicted octanol–water partition coefficient (Wildman–Crippen LogP) is 4.22. The third-order valence-electron chi connectivity index (χ3n) is 4.21. The summed E-state index contributed by atoms with van der Waals surface area (Å²) in [6.07, 6.45) is 0. The molecule has 0 atom stereocenters. The Morgan fingerprint density at radius 3 is 2.64 bits per heavy atom. The summed E-state index contributed by atoms with van der Waals surface area (Å²) in [5.74, 6) is 1.73. The van der Waals surface area contributed by atoms with E-state index in [4.69, 9.17) is 4.74 Å². The molecule has 1 aromatic heterocycles. The van der Waals surface area contributed by atoms with Crippen LogP contribution in [-0.4, -0.2) is 26.4 Å². The lowest BCUT2D eigenvalue weighted by atomic mass is 10.1. The number of carbonyl (C=O) groups excluding carboxylic acids is 1. The van der Waals surface area contributed by atoms with Crippen molar-refractivity contribution < 1.29 is 9.53 Å². The molecule has 0 spiro atoms. The molecule has 0 bridgehead atoms. The molecular formula is C21H24N4O2S. The van der Waals surface area contributed by atoms with E-state index < -0.39 is 0 Å². The van der Waals surface area contributed by atoms with Crippen molar-refractivity contribution in [1.29, 1.82) is 0 Å². The number of carbonyl (C=O) groups is 1. The molecule has 2 aromatic carbocycles. The summed E-state index contributed by atoms with van der Waals surface area (Å²) in [7, 11) is 0. The van der Waals surface area contributed by atoms with Gasteiger partial charge < -0.3 is 14.6 Å². The van der Waals surface area contributed by atoms with Crippen molar-refractivity contribution >= 4 is 23.4 Å². The third-order valence-corrected chi connectivity index (χ3v) is 5.18. The maximum atomic E-state index is 12.3. The van der Waals surface area contributed by atoms with Crippen molar-refractivity contribution in [2.45, 2.75) is 39.1 Å². The van der Waals surface area contributed by atoms with Crippen molar-refractivity contribution in [2.24, 2.45) is 0 Å². The number of amides is 1. The van der Waals surface area contributed by atoms with E-state index in [1.54, 1.807) is 0 Å². The van der Waals surface area contributed by atoms with E-state index in [2.05, 4.69) is 21.6 Å². The predicted molar refractivity (Wildman–Crippen MR) is 112 cm³/mol. The first kappa shape index (κ1) is 19.9. The highest BCUT2D eigenvalue weighted by molar-refractivity contribution is 7.99. The number of rotatable bonds is 8. The van der Waals surface area contributed by atoms with Crippen LogP contribution in [0.4, 0.5) is 5.69 Å². The second-order valence-corrected chi connectivity index (χ2v) is 7.34. The van der Waals surface area contributed by atoms with Gasteiger partial charge in [0.2, 0.25) is 5.91 Å². The molecule has 0 aliphatic heterocycles. The second-order valence-electron chi connectivity index (χ2n) is 6.40. The Morgan fingerprint density at radius 1 is 1.14 bits per heavy atom. The lowest BCUT2D eigenvalue weighted by Gasteiger charge is -2.10. The van der Waals surface area contributed by atoms with E-state index in [0.29, 0.717) is 18.3 Å². The molecule has 0 saturated carbocycles. The van der Waals surface area contributed by atoms with Crippen LogP contribution in [0.2, 0.25) is 0 Å². The van der Waals surface area contributed by atoms with Gasteiger partial charge in [-0.1, -0.05) is 47.7 Å². The summed E-state index contributed by atoms with van der Waals surface area (Å²) in [5.41, 5.74) is 3.06. The minimum atomic E-state index is -0.0651. The van der Waals surface area contributed by atoms with E-state index in [-0.39, 0.29) is 11.7 Å². The molecule has 0 unspecified atom stereocenters. The van der Waals surface area contributed by atoms with Crippen LogP contribution in [0.15, 0.2) is 53.7 Å². The summed E-state index contributed by atoms with van der Waals surface area (Å²) >= 11 is 1.37. The van der Waals surface area contributed by atoms with Gasteiger partial charge in [-0.25, -0.2) is 0 Å². The number of anilines is 1. The topological polar surface area (TPSA) is 69.0 Å². The van der Waals surface area contributed by atoms with Gasteiger partial charge in [0.25, 0.3) is 0 Å². The smallest absolute Gasteiger partial charge is 0.234 e. The fourth-order valence-electron chi connectivity index (χ4n) is 2.79. The molecule has 1 amide bonds. The van der Waals surface area contributed by atoms with Crippen LogP contribution in [-0.2, 0) is 17.9 Å². The van der Waals surface area contributed by atoms with Crippen molar-refractivity contribution in [1.82, 2.24) is 14.8 Å². The van der Waals surface area contributed by atoms with E-state index in [1.807, 2.05) is 67.8 Å². The highest BCUT2D eigenvalue weighted by Crippen LogP contribution is 2.20. The molecule has 0 aliphatic rings. The van der Waals surface area contributed by atoms with Gasteiger partial charge in [0.1, 0.15) is 12.4 Å². The van der Waals surface area contributed by atoms with E-state index in [0.717, 1.165) is 22.8 Å². The summed E-state index contributed by atoms with van der Waals surface area (Å²) in [4.78, 5) is 12.3. The number of thioether (sulfide) groups is 1. The van der Waals surface area contributed by atoms with Crippen molar-refractivity contribution in [3.8, 4) is 5.75 Å². The molecule has 7 heteroatoms. The number of aromatic nitrogens is 3. The van der Waals surface area contributed by atoms with Crippen molar-refractivity contribution in [3.63, 3.8) is 0 Å². The first-order valence-corrected chi connectivity index (χ1v) is 10.1. The average Bonchev–Trinajstić information content (AvgIpc) is 3.09. The monoisotopic (exact) mass is 396 g/mol. The largest absolute Gasteiger partial charge is 0.486 e. The molecular weight excluding hydrogens is 372 g/mol. The van der Waals surface area contributed by atoms with Gasteiger partial charge in [0.15, 0.2) is 11.0 Å². The van der Waals surface area contributed by atoms with Crippen LogP contribution in [0.5, 0.6) is 5.75 Å². The highest BCUT2D eigenvalue weighted by Gasteiger charge is 2.14. The van der Waals surface area contributed by atoms with Crippen LogP contribution < -0.4 is 10.1 Å². The Balaban J connectivity index is 1.58. The number of aryl methyl sites for hydroxylation is 2. The molecule has 1 N–H and O–H groups in total. The van der Waals surface area contributed by atoms with E-state index in [1.165, 1.54) is 17.3 Å². The molecule has 0 saturated heterocycles. The number of hydrogen-bond donors (Lipinski definition) is 1. The summed E-state index contributed by atoms with van der Waals surface area (Å²) in [6, 6.07) is 15.6. The molecule has 28 heavy (non-hydrogen) atoms. The zero-order valence-electron chi connectivity index (χ0n) is 16.3. The van der Waals surface area contributed by atoms with Crippen LogP contribution in [0.25, 0.3) is 0 Å². The quantitative estimate of drug-likeness (QED) is 0.577. The Morgan fingerprint density at radius 2 is 1.93 bits per heavy atom. The minimum absolute atomic E-state index is 0.0651. The van der Waals surface area contributed by atoms with E-state index in [9.17, 15) is 4.79 Å². The number of para-hydroxylation sites is 1. The van der Waals surface area contributed by atoms with Gasteiger partial charge in [-0.3, -0.25) is 4.79 Å². The molecule has 0 aliphatic carbocycles. The normalized spacial score (nSPS) is 10.7. The summed E-state index contributed by atoms with van der Waals surface area (Å²) in [5, 5.41) is 12.1. The van der Waals surface area contributed by atoms with Crippen LogP contribution in [0.1, 0.15) is 23.9 Å². The maximum Gasteiger partial charge on any atom is 0.234 e. The molecule has 3 aromatic rings.